The van der Waals surface area contributed by atoms with Gasteiger partial charge in [0.1, 0.15) is 0 Å². The summed E-state index contributed by atoms with van der Waals surface area (Å²) in [4.78, 5) is 11.6. The van der Waals surface area contributed by atoms with Gasteiger partial charge in [-0.15, -0.1) is 0 Å². The summed E-state index contributed by atoms with van der Waals surface area (Å²) < 4.78 is 5.72. The second-order valence-corrected chi connectivity index (χ2v) is 5.56. The molecular weight excluding hydrogens is 204 g/mol. The van der Waals surface area contributed by atoms with Crippen molar-refractivity contribution in [1.82, 2.24) is 0 Å². The minimum absolute atomic E-state index is 0.0148. The molecular formula is C13H22O3. The molecule has 0 aromatic heterocycles. The molecule has 1 heterocycles. The topological polar surface area (TPSA) is 46.5 Å². The van der Waals surface area contributed by atoms with Crippen LogP contribution in [0.15, 0.2) is 0 Å². The van der Waals surface area contributed by atoms with Crippen molar-refractivity contribution in [3.05, 3.63) is 0 Å². The van der Waals surface area contributed by atoms with Crippen molar-refractivity contribution in [3.63, 3.8) is 0 Å². The zero-order chi connectivity index (χ0) is 11.8. The van der Waals surface area contributed by atoms with Crippen molar-refractivity contribution in [2.45, 2.75) is 52.1 Å². The smallest absolute Gasteiger partial charge is 0.312 e. The van der Waals surface area contributed by atoms with Gasteiger partial charge in [-0.3, -0.25) is 4.79 Å². The Morgan fingerprint density at radius 2 is 2.25 bits per heavy atom. The van der Waals surface area contributed by atoms with E-state index < -0.39 is 11.4 Å². The van der Waals surface area contributed by atoms with Crippen LogP contribution in [-0.2, 0) is 9.53 Å². The van der Waals surface area contributed by atoms with Crippen LogP contribution in [0.25, 0.3) is 0 Å². The quantitative estimate of drug-likeness (QED) is 0.784. The molecule has 0 aromatic carbocycles. The molecule has 16 heavy (non-hydrogen) atoms. The minimum atomic E-state index is -0.637. The van der Waals surface area contributed by atoms with E-state index >= 15 is 0 Å². The Bertz CT molecular complexity index is 272. The molecule has 92 valence electrons. The number of carbonyl (C=O) groups is 1. The first-order valence-electron chi connectivity index (χ1n) is 6.45. The lowest BCUT2D eigenvalue weighted by Gasteiger charge is -2.32. The van der Waals surface area contributed by atoms with Crippen LogP contribution in [0, 0.1) is 17.3 Å². The summed E-state index contributed by atoms with van der Waals surface area (Å²) in [5, 5.41) is 9.58. The first-order chi connectivity index (χ1) is 7.60. The lowest BCUT2D eigenvalue weighted by atomic mass is 9.72. The van der Waals surface area contributed by atoms with E-state index in [1.165, 1.54) is 0 Å². The van der Waals surface area contributed by atoms with Crippen molar-refractivity contribution < 1.29 is 14.6 Å². The molecule has 1 saturated carbocycles. The first kappa shape index (κ1) is 11.9. The third-order valence-corrected chi connectivity index (χ3v) is 4.28. The zero-order valence-corrected chi connectivity index (χ0v) is 10.2. The number of aliphatic carboxylic acids is 1. The number of rotatable bonds is 5. The van der Waals surface area contributed by atoms with Crippen molar-refractivity contribution >= 4 is 5.97 Å². The fourth-order valence-electron chi connectivity index (χ4n) is 2.96. The summed E-state index contributed by atoms with van der Waals surface area (Å²) in [5.74, 6) is 0.351. The van der Waals surface area contributed by atoms with E-state index in [2.05, 4.69) is 13.8 Å². The molecule has 1 aliphatic heterocycles. The maximum atomic E-state index is 11.6. The normalized spacial score (nSPS) is 36.2. The van der Waals surface area contributed by atoms with Gasteiger partial charge in [0.25, 0.3) is 0 Å². The minimum Gasteiger partial charge on any atom is -0.481 e. The molecule has 2 fully saturated rings. The average Bonchev–Trinajstić information content (AvgIpc) is 3.00. The maximum Gasteiger partial charge on any atom is 0.312 e. The molecule has 3 heteroatoms. The largest absolute Gasteiger partial charge is 0.481 e. The number of carboxylic acid groups (broad SMARTS) is 1. The monoisotopic (exact) mass is 226 g/mol. The highest BCUT2D eigenvalue weighted by Crippen LogP contribution is 2.51. The molecule has 3 unspecified atom stereocenters. The predicted molar refractivity (Wildman–Crippen MR) is 61.2 cm³/mol. The molecule has 1 aliphatic carbocycles. The van der Waals surface area contributed by atoms with E-state index in [0.717, 1.165) is 25.7 Å². The summed E-state index contributed by atoms with van der Waals surface area (Å²) in [6, 6.07) is 0. The summed E-state index contributed by atoms with van der Waals surface area (Å²) in [5.41, 5.74) is -0.587. The van der Waals surface area contributed by atoms with E-state index in [1.54, 1.807) is 0 Å². The Kier molecular flexibility index (Phi) is 3.24. The number of hydrogen-bond acceptors (Lipinski definition) is 2. The maximum absolute atomic E-state index is 11.6. The fourth-order valence-corrected chi connectivity index (χ4v) is 2.96. The summed E-state index contributed by atoms with van der Waals surface area (Å²) >= 11 is 0. The summed E-state index contributed by atoms with van der Waals surface area (Å²) in [7, 11) is 0. The molecule has 1 saturated heterocycles. The Morgan fingerprint density at radius 3 is 2.75 bits per heavy atom. The van der Waals surface area contributed by atoms with E-state index in [4.69, 9.17) is 4.74 Å². The van der Waals surface area contributed by atoms with Gasteiger partial charge in [0.05, 0.1) is 11.5 Å². The average molecular weight is 226 g/mol. The molecule has 0 amide bonds. The molecule has 0 spiro atoms. The van der Waals surface area contributed by atoms with Crippen LogP contribution >= 0.6 is 0 Å². The van der Waals surface area contributed by atoms with Gasteiger partial charge in [-0.05, 0) is 37.5 Å². The van der Waals surface area contributed by atoms with Crippen LogP contribution in [0.5, 0.6) is 0 Å². The van der Waals surface area contributed by atoms with Crippen molar-refractivity contribution in [2.75, 3.05) is 6.61 Å². The van der Waals surface area contributed by atoms with Gasteiger partial charge in [-0.25, -0.2) is 0 Å². The second-order valence-electron chi connectivity index (χ2n) is 5.56. The van der Waals surface area contributed by atoms with Gasteiger partial charge in [-0.1, -0.05) is 20.3 Å². The molecule has 0 aromatic rings. The van der Waals surface area contributed by atoms with Crippen molar-refractivity contribution in [3.8, 4) is 0 Å². The van der Waals surface area contributed by atoms with Crippen LogP contribution < -0.4 is 0 Å². The molecule has 1 N–H and O–H groups in total. The number of carboxylic acids is 1. The van der Waals surface area contributed by atoms with E-state index in [0.29, 0.717) is 24.9 Å². The highest BCUT2D eigenvalue weighted by Gasteiger charge is 2.55. The van der Waals surface area contributed by atoms with Gasteiger partial charge < -0.3 is 9.84 Å². The molecule has 2 aliphatic rings. The first-order valence-corrected chi connectivity index (χ1v) is 6.45. The second kappa shape index (κ2) is 4.36. The van der Waals surface area contributed by atoms with Crippen LogP contribution in [0.1, 0.15) is 46.0 Å². The highest BCUT2D eigenvalue weighted by atomic mass is 16.5. The van der Waals surface area contributed by atoms with Crippen LogP contribution in [0.4, 0.5) is 0 Å². The zero-order valence-electron chi connectivity index (χ0n) is 10.2. The molecule has 0 radical (unpaired) electrons. The molecule has 3 nitrogen and oxygen atoms in total. The van der Waals surface area contributed by atoms with E-state index in [9.17, 15) is 9.90 Å². The summed E-state index contributed by atoms with van der Waals surface area (Å²) in [6.45, 7) is 4.90. The van der Waals surface area contributed by atoms with Gasteiger partial charge in [0.15, 0.2) is 0 Å². The fraction of sp³-hybridized carbons (Fsp3) is 0.923. The lowest BCUT2D eigenvalue weighted by Crippen LogP contribution is -2.41. The lowest BCUT2D eigenvalue weighted by molar-refractivity contribution is -0.154. The molecule has 3 atom stereocenters. The predicted octanol–water partition coefficient (Wildman–Crippen LogP) is 2.69. The number of ether oxygens (including phenoxy) is 1. The summed E-state index contributed by atoms with van der Waals surface area (Å²) in [6.07, 6.45) is 4.82. The third kappa shape index (κ3) is 1.97. The van der Waals surface area contributed by atoms with Crippen LogP contribution in [0.3, 0.4) is 0 Å². The molecule has 2 rings (SSSR count). The van der Waals surface area contributed by atoms with Gasteiger partial charge in [0, 0.05) is 6.61 Å². The van der Waals surface area contributed by atoms with Crippen molar-refractivity contribution in [2.24, 2.45) is 17.3 Å². The van der Waals surface area contributed by atoms with E-state index in [1.807, 2.05) is 0 Å². The van der Waals surface area contributed by atoms with Crippen molar-refractivity contribution in [1.29, 1.82) is 0 Å². The third-order valence-electron chi connectivity index (χ3n) is 4.28. The molecule has 0 bridgehead atoms. The van der Waals surface area contributed by atoms with E-state index in [-0.39, 0.29) is 6.10 Å². The van der Waals surface area contributed by atoms with Gasteiger partial charge in [-0.2, -0.15) is 0 Å². The Hall–Kier alpha value is -0.570. The highest BCUT2D eigenvalue weighted by molar-refractivity contribution is 5.76. The Morgan fingerprint density at radius 1 is 1.56 bits per heavy atom. The number of hydrogen-bond donors (Lipinski definition) is 1. The SMILES string of the molecule is CCC(C)CC1(C(=O)O)CCOC1C1CC1. The standard InChI is InChI=1S/C13H22O3/c1-3-9(2)8-13(12(14)15)6-7-16-11(13)10-4-5-10/h9-11H,3-8H2,1-2H3,(H,14,15). The van der Waals surface area contributed by atoms with Gasteiger partial charge in [0.2, 0.25) is 0 Å². The Balaban J connectivity index is 2.16. The van der Waals surface area contributed by atoms with Crippen LogP contribution in [-0.4, -0.2) is 23.8 Å². The van der Waals surface area contributed by atoms with Crippen LogP contribution in [0.2, 0.25) is 0 Å². The Labute approximate surface area is 97.2 Å². The van der Waals surface area contributed by atoms with Gasteiger partial charge >= 0.3 is 5.97 Å².